The molecule has 0 heterocycles. The van der Waals surface area contributed by atoms with Crippen molar-refractivity contribution in [1.82, 2.24) is 5.32 Å². The molecular weight excluding hydrogens is 460 g/mol. The summed E-state index contributed by atoms with van der Waals surface area (Å²) >= 11 is 11.9. The monoisotopic (exact) mass is 472 g/mol. The molecule has 0 fully saturated rings. The topological polar surface area (TPSA) is 70.6 Å². The lowest BCUT2D eigenvalue weighted by atomic mass is 10.2. The third kappa shape index (κ3) is 5.47. The number of halogens is 2. The first-order valence-corrected chi connectivity index (χ1v) is 8.83. The Morgan fingerprint density at radius 3 is 2.54 bits per heavy atom. The van der Waals surface area contributed by atoms with Crippen molar-refractivity contribution in [3.8, 4) is 11.5 Å². The lowest BCUT2D eigenvalue weighted by molar-refractivity contribution is -0.121. The highest BCUT2D eigenvalue weighted by molar-refractivity contribution is 9.11. The summed E-state index contributed by atoms with van der Waals surface area (Å²) in [5.41, 5.74) is 1.55. The number of anilines is 1. The molecule has 5 nitrogen and oxygen atoms in total. The lowest BCUT2D eigenvalue weighted by Gasteiger charge is -2.13. The first kappa shape index (κ1) is 18.7. The van der Waals surface area contributed by atoms with Crippen molar-refractivity contribution >= 4 is 60.8 Å². The summed E-state index contributed by atoms with van der Waals surface area (Å²) in [5.74, 6) is 0.380. The number of benzene rings is 2. The number of hydrogen-bond acceptors (Lipinski definition) is 4. The fourth-order valence-corrected chi connectivity index (χ4v) is 3.66. The number of rotatable bonds is 4. The minimum atomic E-state index is -0.375. The average molecular weight is 474 g/mol. The Balaban J connectivity index is 1.87. The van der Waals surface area contributed by atoms with Gasteiger partial charge in [0, 0.05) is 10.2 Å². The second-order valence-corrected chi connectivity index (χ2v) is 7.05. The van der Waals surface area contributed by atoms with E-state index in [2.05, 4.69) is 42.5 Å². The van der Waals surface area contributed by atoms with Gasteiger partial charge in [0.15, 0.2) is 11.7 Å². The van der Waals surface area contributed by atoms with Crippen LogP contribution in [0.4, 0.5) is 5.69 Å². The number of amides is 1. The molecular formula is C16H14Br2N2O3S. The molecule has 24 heavy (non-hydrogen) atoms. The second-order valence-electron chi connectivity index (χ2n) is 4.87. The van der Waals surface area contributed by atoms with E-state index in [1.54, 1.807) is 12.1 Å². The van der Waals surface area contributed by atoms with E-state index in [4.69, 9.17) is 17.0 Å². The number of aryl methyl sites for hydroxylation is 1. The van der Waals surface area contributed by atoms with E-state index in [9.17, 15) is 9.90 Å². The maximum Gasteiger partial charge on any atom is 0.264 e. The van der Waals surface area contributed by atoms with Crippen LogP contribution in [0.1, 0.15) is 5.56 Å². The number of carbonyl (C=O) groups is 1. The highest BCUT2D eigenvalue weighted by Crippen LogP contribution is 2.32. The molecule has 1 amide bonds. The number of aromatic hydroxyl groups is 1. The number of phenolic OH excluding ortho intramolecular Hbond substituents is 1. The smallest absolute Gasteiger partial charge is 0.264 e. The molecule has 0 spiro atoms. The molecule has 0 radical (unpaired) electrons. The highest BCUT2D eigenvalue weighted by atomic mass is 79.9. The Labute approximate surface area is 161 Å². The Morgan fingerprint density at radius 1 is 1.25 bits per heavy atom. The minimum Gasteiger partial charge on any atom is -0.508 e. The van der Waals surface area contributed by atoms with Crippen LogP contribution < -0.4 is 15.4 Å². The summed E-state index contributed by atoms with van der Waals surface area (Å²) in [6, 6.07) is 10.1. The number of ether oxygens (including phenoxy) is 1. The van der Waals surface area contributed by atoms with Crippen LogP contribution >= 0.6 is 44.1 Å². The van der Waals surface area contributed by atoms with E-state index in [-0.39, 0.29) is 23.4 Å². The molecule has 0 saturated heterocycles. The number of hydrogen-bond donors (Lipinski definition) is 3. The van der Waals surface area contributed by atoms with Crippen molar-refractivity contribution in [3.63, 3.8) is 0 Å². The molecule has 0 aromatic heterocycles. The summed E-state index contributed by atoms with van der Waals surface area (Å²) in [5, 5.41) is 14.8. The Hall–Kier alpha value is -1.64. The van der Waals surface area contributed by atoms with Gasteiger partial charge < -0.3 is 15.2 Å². The van der Waals surface area contributed by atoms with E-state index in [0.717, 1.165) is 14.5 Å². The molecule has 126 valence electrons. The van der Waals surface area contributed by atoms with Crippen LogP contribution in [0.3, 0.4) is 0 Å². The fraction of sp³-hybridized carbons (Fsp3) is 0.125. The largest absolute Gasteiger partial charge is 0.508 e. The fourth-order valence-electron chi connectivity index (χ4n) is 1.88. The highest BCUT2D eigenvalue weighted by Gasteiger charge is 2.11. The summed E-state index contributed by atoms with van der Waals surface area (Å²) in [6.45, 7) is 1.72. The van der Waals surface area contributed by atoms with Gasteiger partial charge in [0.05, 0.1) is 4.47 Å². The van der Waals surface area contributed by atoms with Crippen molar-refractivity contribution in [3.05, 3.63) is 50.9 Å². The molecule has 0 aliphatic rings. The summed E-state index contributed by atoms with van der Waals surface area (Å²) < 4.78 is 7.23. The zero-order valence-corrected chi connectivity index (χ0v) is 16.6. The maximum atomic E-state index is 11.9. The van der Waals surface area contributed by atoms with Crippen molar-refractivity contribution in [2.45, 2.75) is 6.92 Å². The quantitative estimate of drug-likeness (QED) is 0.460. The van der Waals surface area contributed by atoms with Gasteiger partial charge in [0.25, 0.3) is 5.91 Å². The van der Waals surface area contributed by atoms with E-state index < -0.39 is 0 Å². The number of nitrogens with one attached hydrogen (secondary N) is 2. The Kier molecular flexibility index (Phi) is 6.59. The molecule has 0 unspecified atom stereocenters. The molecule has 0 atom stereocenters. The Morgan fingerprint density at radius 2 is 1.92 bits per heavy atom. The number of phenols is 1. The molecule has 0 bridgehead atoms. The van der Waals surface area contributed by atoms with Gasteiger partial charge in [-0.1, -0.05) is 15.9 Å². The molecule has 2 rings (SSSR count). The van der Waals surface area contributed by atoms with Gasteiger partial charge in [-0.2, -0.15) is 0 Å². The minimum absolute atomic E-state index is 0.152. The Bertz CT molecular complexity index is 743. The van der Waals surface area contributed by atoms with Crippen LogP contribution in [0.25, 0.3) is 0 Å². The molecule has 8 heteroatoms. The molecule has 2 aromatic carbocycles. The van der Waals surface area contributed by atoms with Crippen LogP contribution in [0.2, 0.25) is 0 Å². The van der Waals surface area contributed by atoms with Crippen LogP contribution in [-0.4, -0.2) is 22.7 Å². The van der Waals surface area contributed by atoms with Gasteiger partial charge in [-0.3, -0.25) is 10.1 Å². The third-order valence-corrected chi connectivity index (χ3v) is 4.17. The van der Waals surface area contributed by atoms with Crippen LogP contribution in [0.15, 0.2) is 45.3 Å². The van der Waals surface area contributed by atoms with Crippen LogP contribution in [-0.2, 0) is 4.79 Å². The summed E-state index contributed by atoms with van der Waals surface area (Å²) in [6.07, 6.45) is 0. The maximum absolute atomic E-state index is 11.9. The average Bonchev–Trinajstić information content (AvgIpc) is 2.48. The predicted molar refractivity (Wildman–Crippen MR) is 105 cm³/mol. The standard InChI is InChI=1S/C16H14Br2N2O3S/c1-9-6-10(17)7-13(18)15(9)23-8-14(22)20-16(24)19-11-2-4-12(21)5-3-11/h2-7,21H,8H2,1H3,(H2,19,20,22,24). The second kappa shape index (κ2) is 8.46. The van der Waals surface area contributed by atoms with Gasteiger partial charge in [0.2, 0.25) is 0 Å². The molecule has 0 aliphatic heterocycles. The van der Waals surface area contributed by atoms with E-state index in [1.807, 2.05) is 19.1 Å². The zero-order chi connectivity index (χ0) is 17.7. The van der Waals surface area contributed by atoms with Gasteiger partial charge in [-0.05, 0) is 77.0 Å². The van der Waals surface area contributed by atoms with Gasteiger partial charge in [0.1, 0.15) is 11.5 Å². The number of carbonyl (C=O) groups excluding carboxylic acids is 1. The SMILES string of the molecule is Cc1cc(Br)cc(Br)c1OCC(=O)NC(=S)Nc1ccc(O)cc1. The summed E-state index contributed by atoms with van der Waals surface area (Å²) in [7, 11) is 0. The van der Waals surface area contributed by atoms with Crippen molar-refractivity contribution in [2.24, 2.45) is 0 Å². The van der Waals surface area contributed by atoms with E-state index in [1.165, 1.54) is 12.1 Å². The molecule has 3 N–H and O–H groups in total. The van der Waals surface area contributed by atoms with Crippen LogP contribution in [0.5, 0.6) is 11.5 Å². The molecule has 0 saturated carbocycles. The molecule has 0 aliphatic carbocycles. The van der Waals surface area contributed by atoms with Crippen molar-refractivity contribution in [2.75, 3.05) is 11.9 Å². The van der Waals surface area contributed by atoms with E-state index >= 15 is 0 Å². The normalized spacial score (nSPS) is 10.1. The first-order valence-electron chi connectivity index (χ1n) is 6.83. The lowest BCUT2D eigenvalue weighted by Crippen LogP contribution is -2.37. The van der Waals surface area contributed by atoms with Gasteiger partial charge >= 0.3 is 0 Å². The summed E-state index contributed by atoms with van der Waals surface area (Å²) in [4.78, 5) is 11.9. The van der Waals surface area contributed by atoms with Crippen molar-refractivity contribution < 1.29 is 14.6 Å². The zero-order valence-electron chi connectivity index (χ0n) is 12.6. The van der Waals surface area contributed by atoms with Crippen LogP contribution in [0, 0.1) is 6.92 Å². The van der Waals surface area contributed by atoms with Gasteiger partial charge in [-0.15, -0.1) is 0 Å². The third-order valence-electron chi connectivity index (χ3n) is 2.92. The number of thiocarbonyl (C=S) groups is 1. The molecule has 2 aromatic rings. The van der Waals surface area contributed by atoms with Gasteiger partial charge in [-0.25, -0.2) is 0 Å². The van der Waals surface area contributed by atoms with E-state index in [0.29, 0.717) is 11.4 Å². The van der Waals surface area contributed by atoms with Crippen molar-refractivity contribution in [1.29, 1.82) is 0 Å². The predicted octanol–water partition coefficient (Wildman–Crippen LogP) is 4.12. The first-order chi connectivity index (χ1) is 11.3.